The molecule has 3 fully saturated rings. The van der Waals surface area contributed by atoms with Gasteiger partial charge in [0.1, 0.15) is 23.6 Å². The summed E-state index contributed by atoms with van der Waals surface area (Å²) in [5.74, 6) is -1.86. The number of rotatable bonds is 12. The first-order chi connectivity index (χ1) is 29.2. The third-order valence-electron chi connectivity index (χ3n) is 16.0. The predicted molar refractivity (Wildman–Crippen MR) is 236 cm³/mol. The summed E-state index contributed by atoms with van der Waals surface area (Å²) in [6.07, 6.45) is 2.90. The maximum Gasteiger partial charge on any atom is 0.338 e. The van der Waals surface area contributed by atoms with Crippen LogP contribution in [0.3, 0.4) is 0 Å². The van der Waals surface area contributed by atoms with Crippen LogP contribution in [0.5, 0.6) is 0 Å². The van der Waals surface area contributed by atoms with Crippen molar-refractivity contribution in [3.05, 3.63) is 119 Å². The van der Waals surface area contributed by atoms with Gasteiger partial charge in [-0.15, -0.1) is 0 Å². The van der Waals surface area contributed by atoms with Gasteiger partial charge in [-0.1, -0.05) is 107 Å². The molecule has 0 heterocycles. The maximum absolute atomic E-state index is 14.1. The summed E-state index contributed by atoms with van der Waals surface area (Å²) < 4.78 is 25.3. The minimum Gasteiger partial charge on any atom is -0.458 e. The van der Waals surface area contributed by atoms with Crippen molar-refractivity contribution in [2.24, 2.45) is 39.4 Å². The van der Waals surface area contributed by atoms with Gasteiger partial charge in [0.05, 0.1) is 16.7 Å². The lowest BCUT2D eigenvalue weighted by atomic mass is 9.36. The zero-order chi connectivity index (χ0) is 44.8. The van der Waals surface area contributed by atoms with E-state index < -0.39 is 47.2 Å². The first kappa shape index (κ1) is 45.0. The van der Waals surface area contributed by atoms with Gasteiger partial charge in [0.15, 0.2) is 6.10 Å². The van der Waals surface area contributed by atoms with E-state index in [1.165, 1.54) is 18.1 Å². The highest BCUT2D eigenvalue weighted by molar-refractivity contribution is 5.91. The number of hydrogen-bond acceptors (Lipinski definition) is 9. The van der Waals surface area contributed by atoms with Crippen LogP contribution in [-0.2, 0) is 28.5 Å². The van der Waals surface area contributed by atoms with Gasteiger partial charge in [-0.25, -0.2) is 14.4 Å². The van der Waals surface area contributed by atoms with E-state index in [1.807, 2.05) is 24.3 Å². The fourth-order valence-electron chi connectivity index (χ4n) is 12.9. The number of benzene rings is 3. The first-order valence-electron chi connectivity index (χ1n) is 22.5. The normalized spacial score (nSPS) is 29.2. The Morgan fingerprint density at radius 3 is 1.81 bits per heavy atom. The molecule has 62 heavy (non-hydrogen) atoms. The lowest BCUT2D eigenvalue weighted by molar-refractivity contribution is -0.208. The number of esters is 4. The molecule has 9 atom stereocenters. The van der Waals surface area contributed by atoms with Crippen LogP contribution in [-0.4, -0.2) is 53.6 Å². The predicted octanol–water partition coefficient (Wildman–Crippen LogP) is 11.0. The average molecular weight is 845 g/mol. The molecular formula is C53H64O9. The van der Waals surface area contributed by atoms with E-state index in [0.29, 0.717) is 35.3 Å². The summed E-state index contributed by atoms with van der Waals surface area (Å²) in [6, 6.07) is 26.4. The summed E-state index contributed by atoms with van der Waals surface area (Å²) in [4.78, 5) is 68.0. The van der Waals surface area contributed by atoms with Crippen LogP contribution in [0.25, 0.3) is 0 Å². The molecule has 0 spiro atoms. The Balaban J connectivity index is 1.30. The molecule has 0 N–H and O–H groups in total. The van der Waals surface area contributed by atoms with Gasteiger partial charge in [-0.2, -0.15) is 0 Å². The summed E-state index contributed by atoms with van der Waals surface area (Å²) in [5.41, 5.74) is 0.998. The Morgan fingerprint density at radius 2 is 1.26 bits per heavy atom. The summed E-state index contributed by atoms with van der Waals surface area (Å²) in [6.45, 7) is 18.2. The highest BCUT2D eigenvalue weighted by Gasteiger charge is 2.70. The molecule has 0 aromatic heterocycles. The lowest BCUT2D eigenvalue weighted by Gasteiger charge is -2.69. The number of allylic oxidation sites excluding steroid dienone is 1. The zero-order valence-corrected chi connectivity index (χ0v) is 38.0. The maximum atomic E-state index is 14.1. The van der Waals surface area contributed by atoms with E-state index in [1.54, 1.807) is 80.6 Å². The van der Waals surface area contributed by atoms with Crippen LogP contribution in [0.1, 0.15) is 145 Å². The number of carbonyl (C=O) groups excluding carboxylic acids is 5. The van der Waals surface area contributed by atoms with E-state index in [2.05, 4.69) is 41.5 Å². The number of hydrogen-bond donors (Lipinski definition) is 0. The minimum absolute atomic E-state index is 0.00285. The molecule has 7 rings (SSSR count). The fraction of sp³-hybridized carbons (Fsp3) is 0.528. The van der Waals surface area contributed by atoms with Crippen LogP contribution in [0, 0.1) is 39.4 Å². The van der Waals surface area contributed by atoms with Crippen molar-refractivity contribution in [3.8, 4) is 0 Å². The molecule has 0 amide bonds. The smallest absolute Gasteiger partial charge is 0.338 e. The van der Waals surface area contributed by atoms with E-state index >= 15 is 0 Å². The summed E-state index contributed by atoms with van der Waals surface area (Å²) in [7, 11) is 0. The molecule has 0 unspecified atom stereocenters. The molecule has 0 aliphatic heterocycles. The van der Waals surface area contributed by atoms with E-state index in [4.69, 9.17) is 18.9 Å². The van der Waals surface area contributed by atoms with Crippen LogP contribution < -0.4 is 0 Å². The lowest BCUT2D eigenvalue weighted by Crippen LogP contribution is -2.66. The summed E-state index contributed by atoms with van der Waals surface area (Å²) >= 11 is 0. The highest BCUT2D eigenvalue weighted by Crippen LogP contribution is 2.74. The van der Waals surface area contributed by atoms with Gasteiger partial charge in [0, 0.05) is 31.1 Å². The van der Waals surface area contributed by atoms with Crippen LogP contribution in [0.15, 0.2) is 102 Å². The number of carbonyl (C=O) groups is 5. The van der Waals surface area contributed by atoms with Crippen molar-refractivity contribution in [2.75, 3.05) is 0 Å². The van der Waals surface area contributed by atoms with E-state index in [9.17, 15) is 24.0 Å². The molecule has 4 aliphatic rings. The van der Waals surface area contributed by atoms with E-state index in [0.717, 1.165) is 32.1 Å². The third-order valence-corrected chi connectivity index (χ3v) is 16.0. The van der Waals surface area contributed by atoms with Crippen LogP contribution in [0.2, 0.25) is 0 Å². The van der Waals surface area contributed by atoms with Gasteiger partial charge in [0.2, 0.25) is 0 Å². The van der Waals surface area contributed by atoms with Crippen molar-refractivity contribution in [3.63, 3.8) is 0 Å². The second kappa shape index (κ2) is 16.9. The SMILES string of the molecule is CC(=O)OC(C)(C)[C@H](OC(=O)c1ccccc1)[C@H](C[C@@H](C)C1=C2C[C@H](OC(=O)c3ccccc3)[C@H]3[C@@]4(C)CCC(=O)C(C)(C)[C@@H]4CC[C@]3(C)[C@@]2(C)CC1)OC(=O)c1ccccc1. The van der Waals surface area contributed by atoms with E-state index in [-0.39, 0.29) is 46.4 Å². The Hall–Kier alpha value is -5.05. The van der Waals surface area contributed by atoms with Crippen molar-refractivity contribution in [1.29, 1.82) is 0 Å². The Morgan fingerprint density at radius 1 is 0.726 bits per heavy atom. The average Bonchev–Trinajstić information content (AvgIpc) is 3.59. The molecule has 3 aromatic rings. The molecule has 9 heteroatoms. The van der Waals surface area contributed by atoms with Crippen molar-refractivity contribution < 1.29 is 42.9 Å². The first-order valence-corrected chi connectivity index (χ1v) is 22.5. The van der Waals surface area contributed by atoms with Gasteiger partial charge in [-0.05, 0) is 117 Å². The fourth-order valence-corrected chi connectivity index (χ4v) is 12.9. The quantitative estimate of drug-likeness (QED) is 0.0996. The highest BCUT2D eigenvalue weighted by atomic mass is 16.6. The zero-order valence-electron chi connectivity index (χ0n) is 38.0. The second-order valence-corrected chi connectivity index (χ2v) is 20.3. The van der Waals surface area contributed by atoms with Gasteiger partial charge >= 0.3 is 23.9 Å². The number of ether oxygens (including phenoxy) is 4. The topological polar surface area (TPSA) is 122 Å². The molecule has 0 saturated heterocycles. The Bertz CT molecular complexity index is 2210. The van der Waals surface area contributed by atoms with Gasteiger partial charge in [0.25, 0.3) is 0 Å². The second-order valence-electron chi connectivity index (χ2n) is 20.3. The monoisotopic (exact) mass is 844 g/mol. The number of Topliss-reactive ketones (excluding diaryl/α,β-unsaturated/α-hetero) is 1. The van der Waals surface area contributed by atoms with Crippen molar-refractivity contribution >= 4 is 29.7 Å². The van der Waals surface area contributed by atoms with Gasteiger partial charge < -0.3 is 18.9 Å². The molecule has 3 aromatic carbocycles. The standard InChI is InChI=1S/C53H64O9/c1-33(31-41(60-47(57)36-21-15-11-16-22-36)45(50(5,6)62-34(2)54)61-48(58)37-23-17-12-18-24-37)38-25-29-52(8)39(38)32-40(59-46(56)35-19-13-10-14-20-35)44-51(7)28-27-43(55)49(3,4)42(51)26-30-53(44,52)9/h10-24,33,40-42,44-45H,25-32H2,1-9H3/t33-,40+,41+,42+,44+,45-,51+,52+,53+/m1/s1. The molecular weight excluding hydrogens is 781 g/mol. The molecule has 0 bridgehead atoms. The summed E-state index contributed by atoms with van der Waals surface area (Å²) in [5, 5.41) is 0. The third kappa shape index (κ3) is 8.05. The molecule has 9 nitrogen and oxygen atoms in total. The molecule has 330 valence electrons. The molecule has 0 radical (unpaired) electrons. The largest absolute Gasteiger partial charge is 0.458 e. The van der Waals surface area contributed by atoms with Gasteiger partial charge in [-0.3, -0.25) is 9.59 Å². The Labute approximate surface area is 367 Å². The number of ketones is 1. The molecule has 3 saturated carbocycles. The molecule has 4 aliphatic carbocycles. The number of fused-ring (bicyclic) bond motifs is 5. The van der Waals surface area contributed by atoms with Crippen molar-refractivity contribution in [1.82, 2.24) is 0 Å². The van der Waals surface area contributed by atoms with Crippen molar-refractivity contribution in [2.45, 2.75) is 138 Å². The minimum atomic E-state index is -1.40. The van der Waals surface area contributed by atoms with Crippen LogP contribution >= 0.6 is 0 Å². The van der Waals surface area contributed by atoms with Crippen LogP contribution in [0.4, 0.5) is 0 Å². The Kier molecular flexibility index (Phi) is 12.3.